The summed E-state index contributed by atoms with van der Waals surface area (Å²) in [5.41, 5.74) is 6.65. The van der Waals surface area contributed by atoms with Gasteiger partial charge >= 0.3 is 0 Å². The molecule has 0 bridgehead atoms. The van der Waals surface area contributed by atoms with E-state index >= 15 is 0 Å². The molecule has 4 nitrogen and oxygen atoms in total. The number of nitrogens with two attached hydrogens (primary N) is 1. The zero-order valence-corrected chi connectivity index (χ0v) is 9.75. The number of nitrogen functional groups attached to an aromatic ring is 1. The zero-order chi connectivity index (χ0) is 11.4. The molecule has 0 saturated heterocycles. The Morgan fingerprint density at radius 3 is 2.94 bits per heavy atom. The van der Waals surface area contributed by atoms with Crippen molar-refractivity contribution in [3.63, 3.8) is 0 Å². The highest BCUT2D eigenvalue weighted by Crippen LogP contribution is 2.21. The van der Waals surface area contributed by atoms with Gasteiger partial charge in [-0.25, -0.2) is 0 Å². The van der Waals surface area contributed by atoms with Crippen molar-refractivity contribution in [3.05, 3.63) is 35.9 Å². The van der Waals surface area contributed by atoms with Crippen LogP contribution >= 0.6 is 11.5 Å². The highest BCUT2D eigenvalue weighted by molar-refractivity contribution is 7.10. The summed E-state index contributed by atoms with van der Waals surface area (Å²) in [6.45, 7) is 0.700. The van der Waals surface area contributed by atoms with Gasteiger partial charge in [-0.1, -0.05) is 18.2 Å². The smallest absolute Gasteiger partial charge is 0.139 e. The molecule has 0 fully saturated rings. The Labute approximate surface area is 98.2 Å². The number of methoxy groups -OCH3 is 1. The lowest BCUT2D eigenvalue weighted by Crippen LogP contribution is -2.00. The minimum absolute atomic E-state index is 0.549. The Morgan fingerprint density at radius 1 is 1.44 bits per heavy atom. The number of rotatable bonds is 4. The number of para-hydroxylation sites is 1. The van der Waals surface area contributed by atoms with Gasteiger partial charge < -0.3 is 15.8 Å². The summed E-state index contributed by atoms with van der Waals surface area (Å²) in [4.78, 5) is 0. The number of benzene rings is 1. The summed E-state index contributed by atoms with van der Waals surface area (Å²) in [5.74, 6) is 1.43. The van der Waals surface area contributed by atoms with Gasteiger partial charge in [-0.2, -0.15) is 4.37 Å². The van der Waals surface area contributed by atoms with E-state index in [1.807, 2.05) is 30.3 Å². The lowest BCUT2D eigenvalue weighted by Gasteiger charge is -2.08. The van der Waals surface area contributed by atoms with E-state index in [1.54, 1.807) is 7.11 Å². The highest BCUT2D eigenvalue weighted by atomic mass is 32.1. The Kier molecular flexibility index (Phi) is 3.26. The van der Waals surface area contributed by atoms with Crippen molar-refractivity contribution in [1.29, 1.82) is 0 Å². The molecule has 84 valence electrons. The Balaban J connectivity index is 2.04. The van der Waals surface area contributed by atoms with Crippen LogP contribution in [0, 0.1) is 0 Å². The second-order valence-corrected chi connectivity index (χ2v) is 4.09. The first-order valence-corrected chi connectivity index (χ1v) is 5.65. The van der Waals surface area contributed by atoms with E-state index in [-0.39, 0.29) is 0 Å². The fourth-order valence-electron chi connectivity index (χ4n) is 1.40. The molecule has 0 radical (unpaired) electrons. The third-order valence-electron chi connectivity index (χ3n) is 2.17. The van der Waals surface area contributed by atoms with Crippen molar-refractivity contribution >= 4 is 22.4 Å². The van der Waals surface area contributed by atoms with Crippen LogP contribution in [0.25, 0.3) is 0 Å². The van der Waals surface area contributed by atoms with Crippen LogP contribution in [0.15, 0.2) is 30.3 Å². The quantitative estimate of drug-likeness (QED) is 0.854. The SMILES string of the molecule is COc1ccccc1CNc1cc(N)ns1. The minimum atomic E-state index is 0.549. The molecule has 16 heavy (non-hydrogen) atoms. The lowest BCUT2D eigenvalue weighted by atomic mass is 10.2. The Bertz CT molecular complexity index is 470. The fraction of sp³-hybridized carbons (Fsp3) is 0.182. The normalized spacial score (nSPS) is 10.1. The second kappa shape index (κ2) is 4.85. The largest absolute Gasteiger partial charge is 0.496 e. The predicted molar refractivity (Wildman–Crippen MR) is 66.8 cm³/mol. The van der Waals surface area contributed by atoms with E-state index in [1.165, 1.54) is 11.5 Å². The fourth-order valence-corrected chi connectivity index (χ4v) is 1.97. The number of anilines is 2. The zero-order valence-electron chi connectivity index (χ0n) is 8.93. The molecule has 3 N–H and O–H groups in total. The van der Waals surface area contributed by atoms with Gasteiger partial charge in [0, 0.05) is 18.2 Å². The van der Waals surface area contributed by atoms with Crippen LogP contribution in [0.4, 0.5) is 10.8 Å². The molecule has 0 atom stereocenters. The first-order chi connectivity index (χ1) is 7.79. The van der Waals surface area contributed by atoms with Gasteiger partial charge in [-0.05, 0) is 17.6 Å². The van der Waals surface area contributed by atoms with Gasteiger partial charge in [0.1, 0.15) is 16.6 Å². The summed E-state index contributed by atoms with van der Waals surface area (Å²) in [6, 6.07) is 9.72. The maximum atomic E-state index is 5.54. The van der Waals surface area contributed by atoms with Crippen LogP contribution in [0.3, 0.4) is 0 Å². The van der Waals surface area contributed by atoms with E-state index < -0.39 is 0 Å². The van der Waals surface area contributed by atoms with Crippen molar-refractivity contribution in [1.82, 2.24) is 4.37 Å². The summed E-state index contributed by atoms with van der Waals surface area (Å²) >= 11 is 1.36. The van der Waals surface area contributed by atoms with Crippen molar-refractivity contribution in [2.45, 2.75) is 6.54 Å². The maximum absolute atomic E-state index is 5.54. The van der Waals surface area contributed by atoms with Crippen LogP contribution in [0.1, 0.15) is 5.56 Å². The summed E-state index contributed by atoms with van der Waals surface area (Å²) < 4.78 is 9.26. The van der Waals surface area contributed by atoms with Crippen LogP contribution < -0.4 is 15.8 Å². The van der Waals surface area contributed by atoms with E-state index in [0.717, 1.165) is 16.3 Å². The molecule has 0 saturated carbocycles. The molecular weight excluding hydrogens is 222 g/mol. The van der Waals surface area contributed by atoms with E-state index in [0.29, 0.717) is 12.4 Å². The van der Waals surface area contributed by atoms with Crippen molar-refractivity contribution in [2.24, 2.45) is 0 Å². The average molecular weight is 235 g/mol. The maximum Gasteiger partial charge on any atom is 0.139 e. The van der Waals surface area contributed by atoms with Gasteiger partial charge in [0.15, 0.2) is 0 Å². The number of nitrogens with one attached hydrogen (secondary N) is 1. The number of hydrogen-bond donors (Lipinski definition) is 2. The summed E-state index contributed by atoms with van der Waals surface area (Å²) in [5, 5.41) is 4.21. The van der Waals surface area contributed by atoms with Crippen molar-refractivity contribution in [3.8, 4) is 5.75 Å². The van der Waals surface area contributed by atoms with Gasteiger partial charge in [0.05, 0.1) is 7.11 Å². The van der Waals surface area contributed by atoms with Crippen molar-refractivity contribution < 1.29 is 4.74 Å². The monoisotopic (exact) mass is 235 g/mol. The number of hydrogen-bond acceptors (Lipinski definition) is 5. The minimum Gasteiger partial charge on any atom is -0.496 e. The van der Waals surface area contributed by atoms with Crippen LogP contribution in [0.5, 0.6) is 5.75 Å². The third kappa shape index (κ3) is 2.43. The highest BCUT2D eigenvalue weighted by Gasteiger charge is 2.02. The molecule has 0 aliphatic heterocycles. The molecule has 1 heterocycles. The second-order valence-electron chi connectivity index (χ2n) is 3.28. The topological polar surface area (TPSA) is 60.2 Å². The van der Waals surface area contributed by atoms with E-state index in [2.05, 4.69) is 9.69 Å². The first-order valence-electron chi connectivity index (χ1n) is 4.87. The summed E-state index contributed by atoms with van der Waals surface area (Å²) in [7, 11) is 1.67. The molecule has 0 spiro atoms. The number of nitrogens with zero attached hydrogens (tertiary/aromatic N) is 1. The van der Waals surface area contributed by atoms with Crippen molar-refractivity contribution in [2.75, 3.05) is 18.2 Å². The van der Waals surface area contributed by atoms with E-state index in [4.69, 9.17) is 10.5 Å². The predicted octanol–water partition coefficient (Wildman–Crippen LogP) is 2.35. The summed E-state index contributed by atoms with van der Waals surface area (Å²) in [6.07, 6.45) is 0. The Morgan fingerprint density at radius 2 is 2.25 bits per heavy atom. The lowest BCUT2D eigenvalue weighted by molar-refractivity contribution is 0.410. The first kappa shape index (κ1) is 10.8. The molecule has 5 heteroatoms. The van der Waals surface area contributed by atoms with Gasteiger partial charge in [-0.3, -0.25) is 0 Å². The van der Waals surface area contributed by atoms with Crippen LogP contribution in [0.2, 0.25) is 0 Å². The van der Waals surface area contributed by atoms with E-state index in [9.17, 15) is 0 Å². The van der Waals surface area contributed by atoms with Gasteiger partial charge in [0.25, 0.3) is 0 Å². The molecule has 2 aromatic rings. The van der Waals surface area contributed by atoms with Crippen LogP contribution in [-0.4, -0.2) is 11.5 Å². The molecule has 1 aromatic carbocycles. The average Bonchev–Trinajstić information content (AvgIpc) is 2.73. The molecule has 0 aliphatic rings. The van der Waals surface area contributed by atoms with Gasteiger partial charge in [-0.15, -0.1) is 0 Å². The van der Waals surface area contributed by atoms with Crippen LogP contribution in [-0.2, 0) is 6.54 Å². The standard InChI is InChI=1S/C11H13N3OS/c1-15-9-5-3-2-4-8(9)7-13-11-6-10(12)14-16-11/h2-6,13H,7H2,1H3,(H2,12,14). The molecule has 0 aliphatic carbocycles. The van der Waals surface area contributed by atoms with Gasteiger partial charge in [0.2, 0.25) is 0 Å². The molecule has 1 aromatic heterocycles. The third-order valence-corrected chi connectivity index (χ3v) is 2.93. The number of aromatic nitrogens is 1. The molecule has 2 rings (SSSR count). The Hall–Kier alpha value is -1.75. The molecule has 0 amide bonds. The molecular formula is C11H13N3OS. The molecule has 0 unspecified atom stereocenters. The number of ether oxygens (including phenoxy) is 1.